The minimum atomic E-state index is -1.37. The predicted molar refractivity (Wildman–Crippen MR) is 325 cm³/mol. The average molecular weight is 1190 g/mol. The van der Waals surface area contributed by atoms with Gasteiger partial charge in [0.1, 0.15) is 46.1 Å². The van der Waals surface area contributed by atoms with Gasteiger partial charge >= 0.3 is 6.16 Å². The van der Waals surface area contributed by atoms with E-state index in [9.17, 15) is 43.4 Å². The number of pyridine rings is 2. The molecule has 2 aliphatic carbocycles. The molecule has 2 amide bonds. The number of carbonyl (C=O) groups is 3. The highest BCUT2D eigenvalue weighted by Crippen LogP contribution is 2.51. The third-order valence-electron chi connectivity index (χ3n) is 15.0. The normalized spacial score (nSPS) is 13.2. The van der Waals surface area contributed by atoms with Gasteiger partial charge in [-0.2, -0.15) is 0 Å². The number of methoxy groups -OCH3 is 4. The van der Waals surface area contributed by atoms with Crippen LogP contribution in [-0.2, 0) is 22.7 Å². The topological polar surface area (TPSA) is 243 Å². The highest BCUT2D eigenvalue weighted by Gasteiger charge is 2.31. The Hall–Kier alpha value is -11.4. The van der Waals surface area contributed by atoms with Crippen molar-refractivity contribution in [3.8, 4) is 56.8 Å². The lowest BCUT2D eigenvalue weighted by atomic mass is 9.96. The Morgan fingerprint density at radius 1 is 0.500 bits per heavy atom. The summed E-state index contributed by atoms with van der Waals surface area (Å²) >= 11 is 0. The molecule has 10 rings (SSSR count). The fourth-order valence-electron chi connectivity index (χ4n) is 10.7. The van der Waals surface area contributed by atoms with Crippen molar-refractivity contribution in [2.24, 2.45) is 0 Å². The van der Waals surface area contributed by atoms with Crippen LogP contribution < -0.4 is 39.1 Å². The third kappa shape index (κ3) is 12.7. The number of amides is 2. The molecule has 0 unspecified atom stereocenters. The van der Waals surface area contributed by atoms with E-state index in [1.807, 2.05) is 38.1 Å². The standard InChI is InChI=1S/C67H54F2N6O13/c1-37-49(47-15-11-43(68)27-53(47)51(37)31-63(76)72-35-39-9-7-19-70-33-39)21-41-23-59(83-3)65(60(24-41)84-4)55-29-45(74(79)80)13-17-57(55)87-67(78)88-58-18-14-46(75(81)82)30-56(58)66-61(85-5)25-42(26-62(66)86-6)22-50-38(2)52(54-28-44(69)12-16-48(50)54)32-64(77)73-36-40-10-8-20-71-34-40/h7-30,33-34H,31-32,35-36H2,1-6H3,(H,72,76)(H,73,77)/b49-21+,50-22+. The Kier molecular flexibility index (Phi) is 17.6. The van der Waals surface area contributed by atoms with Crippen LogP contribution in [0.15, 0.2) is 157 Å². The zero-order valence-electron chi connectivity index (χ0n) is 48.2. The molecular formula is C67H54F2N6O13. The summed E-state index contributed by atoms with van der Waals surface area (Å²) in [6.07, 6.45) is 8.70. The van der Waals surface area contributed by atoms with Crippen molar-refractivity contribution in [2.75, 3.05) is 28.4 Å². The number of allylic oxidation sites excluding steroid dienone is 4. The smallest absolute Gasteiger partial charge is 0.496 e. The van der Waals surface area contributed by atoms with Gasteiger partial charge in [-0.05, 0) is 177 Å². The van der Waals surface area contributed by atoms with Crippen LogP contribution in [0.2, 0.25) is 0 Å². The zero-order valence-corrected chi connectivity index (χ0v) is 48.2. The molecule has 19 nitrogen and oxygen atoms in total. The lowest BCUT2D eigenvalue weighted by Gasteiger charge is -2.19. The van der Waals surface area contributed by atoms with Gasteiger partial charge in [-0.3, -0.25) is 39.8 Å². The number of hydrogen-bond donors (Lipinski definition) is 2. The van der Waals surface area contributed by atoms with Gasteiger partial charge in [0.25, 0.3) is 11.4 Å². The predicted octanol–water partition coefficient (Wildman–Crippen LogP) is 13.6. The molecule has 0 bridgehead atoms. The first-order valence-corrected chi connectivity index (χ1v) is 27.2. The molecule has 2 N–H and O–H groups in total. The van der Waals surface area contributed by atoms with Gasteiger partial charge in [-0.15, -0.1) is 0 Å². The second kappa shape index (κ2) is 25.9. The van der Waals surface area contributed by atoms with Crippen LogP contribution in [0.1, 0.15) is 71.2 Å². The lowest BCUT2D eigenvalue weighted by Crippen LogP contribution is -2.22. The zero-order chi connectivity index (χ0) is 62.3. The number of ether oxygens (including phenoxy) is 6. The molecule has 6 aromatic carbocycles. The number of nitro groups is 2. The average Bonchev–Trinajstić information content (AvgIpc) is 2.78. The van der Waals surface area contributed by atoms with Gasteiger partial charge in [0.05, 0.1) is 62.3 Å². The fourth-order valence-corrected chi connectivity index (χ4v) is 10.7. The molecule has 0 atom stereocenters. The van der Waals surface area contributed by atoms with Crippen molar-refractivity contribution >= 4 is 63.8 Å². The van der Waals surface area contributed by atoms with E-state index in [0.29, 0.717) is 66.8 Å². The van der Waals surface area contributed by atoms with Crippen molar-refractivity contribution < 1.29 is 61.4 Å². The molecule has 2 heterocycles. The van der Waals surface area contributed by atoms with Crippen molar-refractivity contribution in [1.82, 2.24) is 20.6 Å². The number of hydrogen-bond acceptors (Lipinski definition) is 15. The fraction of sp³-hybridized carbons (Fsp3) is 0.149. The van der Waals surface area contributed by atoms with E-state index >= 15 is 0 Å². The first-order chi connectivity index (χ1) is 42.4. The number of carbonyl (C=O) groups excluding carboxylic acids is 3. The molecule has 88 heavy (non-hydrogen) atoms. The van der Waals surface area contributed by atoms with E-state index in [-0.39, 0.29) is 94.5 Å². The molecule has 0 saturated carbocycles. The number of fused-ring (bicyclic) bond motifs is 2. The molecule has 8 aromatic rings. The minimum absolute atomic E-state index is 0.0373. The molecular weight excluding hydrogens is 1130 g/mol. The summed E-state index contributed by atoms with van der Waals surface area (Å²) < 4.78 is 65.2. The number of rotatable bonds is 20. The Bertz CT molecular complexity index is 3960. The summed E-state index contributed by atoms with van der Waals surface area (Å²) in [6, 6.07) is 29.3. The number of nitrogens with one attached hydrogen (secondary N) is 2. The van der Waals surface area contributed by atoms with E-state index in [0.717, 1.165) is 35.4 Å². The molecule has 0 radical (unpaired) electrons. The highest BCUT2D eigenvalue weighted by atomic mass is 19.1. The van der Waals surface area contributed by atoms with Crippen molar-refractivity contribution in [1.29, 1.82) is 0 Å². The van der Waals surface area contributed by atoms with Crippen LogP contribution in [0.3, 0.4) is 0 Å². The van der Waals surface area contributed by atoms with Gasteiger partial charge in [0.2, 0.25) is 11.8 Å². The third-order valence-corrected chi connectivity index (χ3v) is 15.0. The summed E-state index contributed by atoms with van der Waals surface area (Å²) in [7, 11) is 5.46. The van der Waals surface area contributed by atoms with E-state index in [2.05, 4.69) is 20.6 Å². The number of benzene rings is 6. The van der Waals surface area contributed by atoms with Crippen LogP contribution in [0.5, 0.6) is 34.5 Å². The monoisotopic (exact) mass is 1190 g/mol. The van der Waals surface area contributed by atoms with Crippen molar-refractivity contribution in [2.45, 2.75) is 39.8 Å². The van der Waals surface area contributed by atoms with Crippen LogP contribution >= 0.6 is 0 Å². The van der Waals surface area contributed by atoms with Gasteiger partial charge in [-0.25, -0.2) is 13.6 Å². The summed E-state index contributed by atoms with van der Waals surface area (Å²) in [5, 5.41) is 30.5. The quantitative estimate of drug-likeness (QED) is 0.0312. The molecule has 21 heteroatoms. The molecule has 0 aliphatic heterocycles. The first-order valence-electron chi connectivity index (χ1n) is 27.2. The van der Waals surface area contributed by atoms with E-state index in [1.54, 1.807) is 73.3 Å². The van der Waals surface area contributed by atoms with Gasteiger partial charge in [0.15, 0.2) is 0 Å². The minimum Gasteiger partial charge on any atom is -0.496 e. The molecule has 2 aromatic heterocycles. The Morgan fingerprint density at radius 2 is 0.886 bits per heavy atom. The Labute approximate surface area is 502 Å². The maximum atomic E-state index is 14.9. The molecule has 2 aliphatic rings. The van der Waals surface area contributed by atoms with Crippen LogP contribution in [0.4, 0.5) is 25.0 Å². The van der Waals surface area contributed by atoms with Crippen LogP contribution in [0.25, 0.3) is 56.7 Å². The number of non-ortho nitro benzene ring substituents is 2. The van der Waals surface area contributed by atoms with Gasteiger partial charge in [0, 0.05) is 73.3 Å². The largest absolute Gasteiger partial charge is 0.519 e. The molecule has 0 spiro atoms. The maximum absolute atomic E-state index is 14.9. The number of nitrogens with zero attached hydrogens (tertiary/aromatic N) is 4. The lowest BCUT2D eigenvalue weighted by molar-refractivity contribution is -0.385. The van der Waals surface area contributed by atoms with Crippen molar-refractivity contribution in [3.05, 3.63) is 234 Å². The van der Waals surface area contributed by atoms with E-state index in [1.165, 1.54) is 64.8 Å². The number of halogens is 2. The van der Waals surface area contributed by atoms with E-state index < -0.39 is 39.0 Å². The number of nitro benzene ring substituents is 2. The van der Waals surface area contributed by atoms with Gasteiger partial charge < -0.3 is 39.1 Å². The second-order valence-corrected chi connectivity index (χ2v) is 20.3. The first kappa shape index (κ1) is 59.8. The maximum Gasteiger partial charge on any atom is 0.519 e. The number of aromatic nitrogens is 2. The Morgan fingerprint density at radius 3 is 1.23 bits per heavy atom. The highest BCUT2D eigenvalue weighted by molar-refractivity contribution is 6.10. The van der Waals surface area contributed by atoms with Gasteiger partial charge in [-0.1, -0.05) is 24.3 Å². The summed E-state index contributed by atoms with van der Waals surface area (Å²) in [5.41, 5.74) is 8.42. The molecule has 0 fully saturated rings. The summed E-state index contributed by atoms with van der Waals surface area (Å²) in [6.45, 7) is 4.15. The molecule has 444 valence electrons. The summed E-state index contributed by atoms with van der Waals surface area (Å²) in [5.74, 6) is -1.58. The molecule has 0 saturated heterocycles. The van der Waals surface area contributed by atoms with Crippen molar-refractivity contribution in [3.63, 3.8) is 0 Å². The second-order valence-electron chi connectivity index (χ2n) is 20.3. The van der Waals surface area contributed by atoms with Crippen LogP contribution in [0, 0.1) is 31.9 Å². The summed E-state index contributed by atoms with van der Waals surface area (Å²) in [4.78, 5) is 72.5. The van der Waals surface area contributed by atoms with E-state index in [4.69, 9.17) is 28.4 Å². The van der Waals surface area contributed by atoms with Crippen LogP contribution in [-0.4, -0.2) is 66.2 Å². The Balaban J connectivity index is 0.967. The SMILES string of the molecule is COc1cc(/C=C2\C(C)=C(CC(=O)NCc3cccnc3)c3cc(F)ccc32)cc(OC)c1-c1cc([N+](=O)[O-])ccc1OC(=O)Oc1ccc([N+](=O)[O-])cc1-c1c(OC)cc(/C=C2\C(C)=C(CC(=O)NCc3cccnc3)c3cc(F)ccc32)cc1OC.